The zero-order valence-corrected chi connectivity index (χ0v) is 16.0. The van der Waals surface area contributed by atoms with E-state index >= 15 is 0 Å². The van der Waals surface area contributed by atoms with Crippen LogP contribution in [0.4, 0.5) is 4.79 Å². The van der Waals surface area contributed by atoms with E-state index in [0.717, 1.165) is 43.4 Å². The number of benzene rings is 2. The predicted octanol–water partition coefficient (Wildman–Crippen LogP) is 3.48. The van der Waals surface area contributed by atoms with Gasteiger partial charge in [-0.25, -0.2) is 4.79 Å². The summed E-state index contributed by atoms with van der Waals surface area (Å²) in [4.78, 5) is 27.3. The molecule has 1 aliphatic heterocycles. The van der Waals surface area contributed by atoms with Crippen LogP contribution in [0.15, 0.2) is 60.7 Å². The second kappa shape index (κ2) is 8.46. The normalized spacial score (nSPS) is 19.3. The predicted molar refractivity (Wildman–Crippen MR) is 109 cm³/mol. The minimum Gasteiger partial charge on any atom is -0.345 e. The topological polar surface area (TPSA) is 61.4 Å². The minimum absolute atomic E-state index is 0.0154. The Hall–Kier alpha value is -2.82. The van der Waals surface area contributed by atoms with E-state index in [1.807, 2.05) is 60.7 Å². The third-order valence-electron chi connectivity index (χ3n) is 5.54. The first kappa shape index (κ1) is 18.5. The lowest BCUT2D eigenvalue weighted by Gasteiger charge is -2.33. The number of rotatable bonds is 5. The van der Waals surface area contributed by atoms with E-state index in [-0.39, 0.29) is 23.9 Å². The zero-order chi connectivity index (χ0) is 19.3. The Morgan fingerprint density at radius 2 is 1.50 bits per heavy atom. The molecule has 146 valence electrons. The number of hydrogen-bond acceptors (Lipinski definition) is 2. The lowest BCUT2D eigenvalue weighted by Crippen LogP contribution is -2.49. The number of likely N-dealkylation sites (tertiary alicyclic amines) is 1. The molecule has 1 heterocycles. The first-order valence-electron chi connectivity index (χ1n) is 10.2. The van der Waals surface area contributed by atoms with Crippen molar-refractivity contribution in [2.24, 2.45) is 5.92 Å². The van der Waals surface area contributed by atoms with Gasteiger partial charge in [0.05, 0.1) is 12.0 Å². The van der Waals surface area contributed by atoms with Gasteiger partial charge >= 0.3 is 6.03 Å². The number of nitrogens with zero attached hydrogens (tertiary/aromatic N) is 1. The van der Waals surface area contributed by atoms with E-state index in [1.54, 1.807) is 4.90 Å². The van der Waals surface area contributed by atoms with Gasteiger partial charge < -0.3 is 15.5 Å². The monoisotopic (exact) mass is 377 g/mol. The number of piperidine rings is 1. The Balaban J connectivity index is 1.45. The third kappa shape index (κ3) is 4.53. The number of carbonyl (C=O) groups is 2. The Kier molecular flexibility index (Phi) is 5.60. The van der Waals surface area contributed by atoms with Crippen LogP contribution in [-0.4, -0.2) is 36.0 Å². The molecule has 0 aromatic heterocycles. The van der Waals surface area contributed by atoms with E-state index in [0.29, 0.717) is 12.6 Å². The SMILES string of the molecule is O=C(NC(c1ccccc1)c1ccccc1)C1CCCN(C(=O)NC2CC2)C1. The van der Waals surface area contributed by atoms with E-state index in [2.05, 4.69) is 10.6 Å². The Bertz CT molecular complexity index is 766. The molecule has 28 heavy (non-hydrogen) atoms. The van der Waals surface area contributed by atoms with Gasteiger partial charge in [-0.1, -0.05) is 60.7 Å². The number of urea groups is 1. The van der Waals surface area contributed by atoms with Gasteiger partial charge in [0.2, 0.25) is 5.91 Å². The quantitative estimate of drug-likeness (QED) is 0.838. The molecule has 0 radical (unpaired) electrons. The van der Waals surface area contributed by atoms with Gasteiger partial charge in [0.15, 0.2) is 0 Å². The molecule has 1 aliphatic carbocycles. The highest BCUT2D eigenvalue weighted by Crippen LogP contribution is 2.25. The fourth-order valence-corrected chi connectivity index (χ4v) is 3.78. The maximum Gasteiger partial charge on any atom is 0.317 e. The summed E-state index contributed by atoms with van der Waals surface area (Å²) in [5, 5.41) is 6.27. The maximum absolute atomic E-state index is 13.1. The van der Waals surface area contributed by atoms with Crippen LogP contribution in [-0.2, 0) is 4.79 Å². The van der Waals surface area contributed by atoms with Crippen molar-refractivity contribution in [1.29, 1.82) is 0 Å². The summed E-state index contributed by atoms with van der Waals surface area (Å²) in [5.74, 6) is -0.157. The number of amides is 3. The summed E-state index contributed by atoms with van der Waals surface area (Å²) in [7, 11) is 0. The standard InChI is InChI=1S/C23H27N3O2/c27-22(19-12-7-15-26(16-19)23(28)24-20-13-14-20)25-21(17-8-3-1-4-9-17)18-10-5-2-6-11-18/h1-6,8-11,19-21H,7,12-16H2,(H,24,28)(H,25,27). The van der Waals surface area contributed by atoms with Gasteiger partial charge in [-0.3, -0.25) is 4.79 Å². The maximum atomic E-state index is 13.1. The van der Waals surface area contributed by atoms with Crippen LogP contribution in [0.5, 0.6) is 0 Å². The van der Waals surface area contributed by atoms with Gasteiger partial charge in [0, 0.05) is 19.1 Å². The summed E-state index contributed by atoms with van der Waals surface area (Å²) in [5.41, 5.74) is 2.11. The van der Waals surface area contributed by atoms with Crippen LogP contribution >= 0.6 is 0 Å². The van der Waals surface area contributed by atoms with Crippen molar-refractivity contribution in [1.82, 2.24) is 15.5 Å². The van der Waals surface area contributed by atoms with Crippen LogP contribution in [0.1, 0.15) is 42.9 Å². The van der Waals surface area contributed by atoms with Gasteiger partial charge in [-0.05, 0) is 36.8 Å². The van der Waals surface area contributed by atoms with E-state index in [1.165, 1.54) is 0 Å². The molecule has 2 aliphatic rings. The molecule has 1 unspecified atom stereocenters. The molecule has 5 heteroatoms. The van der Waals surface area contributed by atoms with Crippen LogP contribution in [0.3, 0.4) is 0 Å². The van der Waals surface area contributed by atoms with Crippen molar-refractivity contribution < 1.29 is 9.59 Å². The summed E-state index contributed by atoms with van der Waals surface area (Å²) in [6.07, 6.45) is 3.81. The average Bonchev–Trinajstić information content (AvgIpc) is 3.57. The third-order valence-corrected chi connectivity index (χ3v) is 5.54. The summed E-state index contributed by atoms with van der Waals surface area (Å²) in [6.45, 7) is 1.21. The van der Waals surface area contributed by atoms with Gasteiger partial charge in [-0.2, -0.15) is 0 Å². The van der Waals surface area contributed by atoms with Crippen molar-refractivity contribution in [3.05, 3.63) is 71.8 Å². The Labute approximate surface area is 166 Å². The van der Waals surface area contributed by atoms with E-state index in [9.17, 15) is 9.59 Å². The molecule has 1 saturated heterocycles. The second-order valence-electron chi connectivity index (χ2n) is 7.77. The molecule has 2 N–H and O–H groups in total. The van der Waals surface area contributed by atoms with Crippen molar-refractivity contribution in [3.8, 4) is 0 Å². The Morgan fingerprint density at radius 1 is 0.893 bits per heavy atom. The number of hydrogen-bond donors (Lipinski definition) is 2. The highest BCUT2D eigenvalue weighted by molar-refractivity contribution is 5.81. The van der Waals surface area contributed by atoms with Crippen LogP contribution in [0, 0.1) is 5.92 Å². The lowest BCUT2D eigenvalue weighted by atomic mass is 9.94. The Morgan fingerprint density at radius 3 is 2.07 bits per heavy atom. The first-order chi connectivity index (χ1) is 13.7. The molecule has 0 spiro atoms. The van der Waals surface area contributed by atoms with E-state index < -0.39 is 0 Å². The zero-order valence-electron chi connectivity index (χ0n) is 16.0. The molecular weight excluding hydrogens is 350 g/mol. The number of carbonyl (C=O) groups excluding carboxylic acids is 2. The van der Waals surface area contributed by atoms with Crippen molar-refractivity contribution >= 4 is 11.9 Å². The smallest absolute Gasteiger partial charge is 0.317 e. The fourth-order valence-electron chi connectivity index (χ4n) is 3.78. The van der Waals surface area contributed by atoms with Crippen molar-refractivity contribution in [3.63, 3.8) is 0 Å². The molecule has 0 bridgehead atoms. The second-order valence-corrected chi connectivity index (χ2v) is 7.77. The summed E-state index contributed by atoms with van der Waals surface area (Å²) in [6, 6.07) is 20.2. The lowest BCUT2D eigenvalue weighted by molar-refractivity contribution is -0.126. The minimum atomic E-state index is -0.189. The highest BCUT2D eigenvalue weighted by Gasteiger charge is 2.32. The summed E-state index contributed by atoms with van der Waals surface area (Å²) < 4.78 is 0. The fraction of sp³-hybridized carbons (Fsp3) is 0.391. The highest BCUT2D eigenvalue weighted by atomic mass is 16.2. The van der Waals surface area contributed by atoms with Crippen LogP contribution < -0.4 is 10.6 Å². The molecule has 1 atom stereocenters. The van der Waals surface area contributed by atoms with Gasteiger partial charge in [-0.15, -0.1) is 0 Å². The first-order valence-corrected chi connectivity index (χ1v) is 10.2. The largest absolute Gasteiger partial charge is 0.345 e. The van der Waals surface area contributed by atoms with Gasteiger partial charge in [0.25, 0.3) is 0 Å². The molecule has 2 aromatic carbocycles. The molecular formula is C23H27N3O2. The summed E-state index contributed by atoms with van der Waals surface area (Å²) >= 11 is 0. The molecule has 4 rings (SSSR count). The van der Waals surface area contributed by atoms with Crippen LogP contribution in [0.2, 0.25) is 0 Å². The molecule has 3 amide bonds. The molecule has 1 saturated carbocycles. The molecule has 5 nitrogen and oxygen atoms in total. The van der Waals surface area contributed by atoms with E-state index in [4.69, 9.17) is 0 Å². The molecule has 2 aromatic rings. The average molecular weight is 377 g/mol. The van der Waals surface area contributed by atoms with Crippen molar-refractivity contribution in [2.45, 2.75) is 37.8 Å². The van der Waals surface area contributed by atoms with Crippen molar-refractivity contribution in [2.75, 3.05) is 13.1 Å². The molecule has 2 fully saturated rings. The van der Waals surface area contributed by atoms with Crippen LogP contribution in [0.25, 0.3) is 0 Å². The number of nitrogens with one attached hydrogen (secondary N) is 2. The van der Waals surface area contributed by atoms with Gasteiger partial charge in [0.1, 0.15) is 0 Å².